The first-order chi connectivity index (χ1) is 15.8. The zero-order valence-corrected chi connectivity index (χ0v) is 18.9. The lowest BCUT2D eigenvalue weighted by Gasteiger charge is -2.13. The number of nitro groups is 1. The van der Waals surface area contributed by atoms with Crippen LogP contribution in [0.2, 0.25) is 10.0 Å². The van der Waals surface area contributed by atoms with Crippen LogP contribution in [0.3, 0.4) is 0 Å². The fourth-order valence-electron chi connectivity index (χ4n) is 2.92. The Morgan fingerprint density at radius 2 is 1.88 bits per heavy atom. The van der Waals surface area contributed by atoms with Crippen molar-refractivity contribution in [1.29, 1.82) is 5.26 Å². The van der Waals surface area contributed by atoms with Gasteiger partial charge >= 0.3 is 0 Å². The van der Waals surface area contributed by atoms with Crippen molar-refractivity contribution in [3.8, 4) is 11.8 Å². The third-order valence-corrected chi connectivity index (χ3v) is 5.12. The summed E-state index contributed by atoms with van der Waals surface area (Å²) in [7, 11) is 0. The summed E-state index contributed by atoms with van der Waals surface area (Å²) in [5, 5.41) is 23.6. The molecule has 33 heavy (non-hydrogen) atoms. The zero-order chi connectivity index (χ0) is 24.0. The lowest BCUT2D eigenvalue weighted by molar-refractivity contribution is -0.384. The average Bonchev–Trinajstić information content (AvgIpc) is 2.78. The molecule has 0 atom stereocenters. The van der Waals surface area contributed by atoms with Crippen LogP contribution in [0.5, 0.6) is 5.75 Å². The number of rotatable bonds is 7. The van der Waals surface area contributed by atoms with Crippen molar-refractivity contribution >= 4 is 46.6 Å². The van der Waals surface area contributed by atoms with Crippen LogP contribution in [0.15, 0.2) is 66.2 Å². The Hall–Kier alpha value is -3.86. The minimum Gasteiger partial charge on any atom is -0.487 e. The van der Waals surface area contributed by atoms with Crippen LogP contribution in [0, 0.1) is 28.4 Å². The molecule has 1 amide bonds. The van der Waals surface area contributed by atoms with Gasteiger partial charge in [0.2, 0.25) is 0 Å². The number of hydrogen-bond acceptors (Lipinski definition) is 5. The molecule has 3 aromatic carbocycles. The normalized spacial score (nSPS) is 10.9. The van der Waals surface area contributed by atoms with Crippen LogP contribution in [0.4, 0.5) is 11.4 Å². The van der Waals surface area contributed by atoms with E-state index in [-0.39, 0.29) is 28.6 Å². The van der Waals surface area contributed by atoms with E-state index in [0.29, 0.717) is 21.8 Å². The zero-order valence-electron chi connectivity index (χ0n) is 17.3. The molecule has 0 aliphatic heterocycles. The predicted octanol–water partition coefficient (Wildman–Crippen LogP) is 6.33. The Labute approximate surface area is 200 Å². The molecule has 0 saturated heterocycles. The molecule has 1 N–H and O–H groups in total. The van der Waals surface area contributed by atoms with E-state index >= 15 is 0 Å². The van der Waals surface area contributed by atoms with Crippen molar-refractivity contribution in [2.45, 2.75) is 13.5 Å². The highest BCUT2D eigenvalue weighted by molar-refractivity contribution is 6.36. The summed E-state index contributed by atoms with van der Waals surface area (Å²) in [6, 6.07) is 17.9. The molecule has 0 aliphatic rings. The van der Waals surface area contributed by atoms with Crippen LogP contribution >= 0.6 is 23.2 Å². The van der Waals surface area contributed by atoms with Crippen molar-refractivity contribution in [3.63, 3.8) is 0 Å². The van der Waals surface area contributed by atoms with E-state index in [1.807, 2.05) is 25.1 Å². The quantitative estimate of drug-likeness (QED) is 0.183. The molecule has 9 heteroatoms. The molecule has 0 spiro atoms. The summed E-state index contributed by atoms with van der Waals surface area (Å²) in [5.41, 5.74) is 2.23. The topological polar surface area (TPSA) is 105 Å². The van der Waals surface area contributed by atoms with E-state index in [2.05, 4.69) is 5.32 Å². The van der Waals surface area contributed by atoms with Crippen LogP contribution in [-0.2, 0) is 11.4 Å². The molecule has 3 rings (SSSR count). The van der Waals surface area contributed by atoms with Crippen LogP contribution in [0.25, 0.3) is 6.08 Å². The van der Waals surface area contributed by atoms with Gasteiger partial charge in [0.15, 0.2) is 0 Å². The molecule has 0 aliphatic carbocycles. The second-order valence-electron chi connectivity index (χ2n) is 6.96. The Kier molecular flexibility index (Phi) is 7.67. The number of ether oxygens (including phenoxy) is 1. The standard InChI is InChI=1S/C24H17Cl2N3O4/c1-15-4-2-3-5-22(15)28-24(30)18(13-27)10-17-11-19(25)12-21(26)23(17)33-14-16-6-8-20(9-7-16)29(31)32/h2-12H,14H2,1H3,(H,28,30)/b18-10+. The van der Waals surface area contributed by atoms with E-state index in [1.165, 1.54) is 30.3 Å². The van der Waals surface area contributed by atoms with Crippen molar-refractivity contribution in [2.75, 3.05) is 5.32 Å². The van der Waals surface area contributed by atoms with E-state index in [1.54, 1.807) is 24.3 Å². The van der Waals surface area contributed by atoms with Gasteiger partial charge in [-0.2, -0.15) is 5.26 Å². The molecule has 0 bridgehead atoms. The van der Waals surface area contributed by atoms with Gasteiger partial charge in [-0.25, -0.2) is 0 Å². The molecule has 7 nitrogen and oxygen atoms in total. The van der Waals surface area contributed by atoms with E-state index in [0.717, 1.165) is 5.56 Å². The van der Waals surface area contributed by atoms with Crippen molar-refractivity contribution in [2.24, 2.45) is 0 Å². The monoisotopic (exact) mass is 481 g/mol. The average molecular weight is 482 g/mol. The Morgan fingerprint density at radius 3 is 2.52 bits per heavy atom. The number of nitrogens with zero attached hydrogens (tertiary/aromatic N) is 2. The van der Waals surface area contributed by atoms with Gasteiger partial charge in [-0.3, -0.25) is 14.9 Å². The van der Waals surface area contributed by atoms with Gasteiger partial charge in [0.05, 0.1) is 9.95 Å². The maximum Gasteiger partial charge on any atom is 0.269 e. The number of benzene rings is 3. The highest BCUT2D eigenvalue weighted by Crippen LogP contribution is 2.34. The molecule has 0 unspecified atom stereocenters. The number of carbonyl (C=O) groups is 1. The van der Waals surface area contributed by atoms with Crippen LogP contribution in [-0.4, -0.2) is 10.8 Å². The number of amides is 1. The molecule has 166 valence electrons. The lowest BCUT2D eigenvalue weighted by Crippen LogP contribution is -2.14. The number of para-hydroxylation sites is 1. The van der Waals surface area contributed by atoms with Gasteiger partial charge in [-0.15, -0.1) is 0 Å². The van der Waals surface area contributed by atoms with Crippen LogP contribution < -0.4 is 10.1 Å². The summed E-state index contributed by atoms with van der Waals surface area (Å²) in [5.74, 6) is -0.375. The Bertz CT molecular complexity index is 1280. The third kappa shape index (κ3) is 6.10. The smallest absolute Gasteiger partial charge is 0.269 e. The fourth-order valence-corrected chi connectivity index (χ4v) is 3.48. The number of halogens is 2. The number of non-ortho nitro benzene ring substituents is 1. The van der Waals surface area contributed by atoms with Gasteiger partial charge in [0.1, 0.15) is 24.0 Å². The Balaban J connectivity index is 1.87. The van der Waals surface area contributed by atoms with Gasteiger partial charge in [0, 0.05) is 28.4 Å². The van der Waals surface area contributed by atoms with Crippen molar-refractivity contribution in [3.05, 3.63) is 103 Å². The number of anilines is 1. The highest BCUT2D eigenvalue weighted by Gasteiger charge is 2.15. The number of carbonyl (C=O) groups excluding carboxylic acids is 1. The first-order valence-corrected chi connectivity index (χ1v) is 10.4. The maximum absolute atomic E-state index is 12.7. The van der Waals surface area contributed by atoms with Gasteiger partial charge in [0.25, 0.3) is 11.6 Å². The first kappa shape index (κ1) is 23.8. The fraction of sp³-hybridized carbons (Fsp3) is 0.0833. The second kappa shape index (κ2) is 10.6. The van der Waals surface area contributed by atoms with E-state index in [4.69, 9.17) is 27.9 Å². The minimum atomic E-state index is -0.593. The molecule has 0 fully saturated rings. The SMILES string of the molecule is Cc1ccccc1NC(=O)/C(C#N)=C/c1cc(Cl)cc(Cl)c1OCc1ccc([N+](=O)[O-])cc1. The molecular weight excluding hydrogens is 465 g/mol. The number of nitrogens with one attached hydrogen (secondary N) is 1. The lowest BCUT2D eigenvalue weighted by atomic mass is 10.1. The van der Waals surface area contributed by atoms with Gasteiger partial charge in [-0.1, -0.05) is 41.4 Å². The number of aryl methyl sites for hydroxylation is 1. The summed E-state index contributed by atoms with van der Waals surface area (Å²) in [4.78, 5) is 23.0. The van der Waals surface area contributed by atoms with E-state index < -0.39 is 10.8 Å². The third-order valence-electron chi connectivity index (χ3n) is 4.63. The maximum atomic E-state index is 12.7. The Morgan fingerprint density at radius 1 is 1.18 bits per heavy atom. The minimum absolute atomic E-state index is 0.0368. The van der Waals surface area contributed by atoms with E-state index in [9.17, 15) is 20.2 Å². The first-order valence-electron chi connectivity index (χ1n) is 9.62. The summed E-state index contributed by atoms with van der Waals surface area (Å²) < 4.78 is 5.83. The van der Waals surface area contributed by atoms with Gasteiger partial charge in [-0.05, 0) is 54.5 Å². The molecular formula is C24H17Cl2N3O4. The molecule has 0 saturated carbocycles. The number of nitro benzene ring substituents is 1. The summed E-state index contributed by atoms with van der Waals surface area (Å²) >= 11 is 12.4. The van der Waals surface area contributed by atoms with Gasteiger partial charge < -0.3 is 10.1 Å². The molecule has 0 heterocycles. The molecule has 3 aromatic rings. The summed E-state index contributed by atoms with van der Waals surface area (Å²) in [6.07, 6.45) is 1.34. The summed E-state index contributed by atoms with van der Waals surface area (Å²) in [6.45, 7) is 1.89. The second-order valence-corrected chi connectivity index (χ2v) is 7.80. The number of nitriles is 1. The predicted molar refractivity (Wildman–Crippen MR) is 127 cm³/mol. The molecule has 0 radical (unpaired) electrons. The van der Waals surface area contributed by atoms with Crippen LogP contribution in [0.1, 0.15) is 16.7 Å². The van der Waals surface area contributed by atoms with Crippen molar-refractivity contribution in [1.82, 2.24) is 0 Å². The molecule has 0 aromatic heterocycles. The van der Waals surface area contributed by atoms with Crippen molar-refractivity contribution < 1.29 is 14.5 Å². The highest BCUT2D eigenvalue weighted by atomic mass is 35.5. The number of hydrogen-bond donors (Lipinski definition) is 1. The largest absolute Gasteiger partial charge is 0.487 e.